The minimum atomic E-state index is 0.0511. The van der Waals surface area contributed by atoms with Gasteiger partial charge in [-0.1, -0.05) is 18.2 Å². The molecular formula is C22H31N3O2. The number of benzene rings is 1. The molecule has 27 heavy (non-hydrogen) atoms. The molecule has 0 spiro atoms. The average molecular weight is 370 g/mol. The summed E-state index contributed by atoms with van der Waals surface area (Å²) < 4.78 is 0. The molecule has 0 aromatic heterocycles. The first-order chi connectivity index (χ1) is 13.2. The topological polar surface area (TPSA) is 52.7 Å². The highest BCUT2D eigenvalue weighted by atomic mass is 16.2. The Labute approximate surface area is 162 Å². The molecule has 4 rings (SSSR count). The van der Waals surface area contributed by atoms with Crippen molar-refractivity contribution in [2.24, 2.45) is 5.92 Å². The highest BCUT2D eigenvalue weighted by Crippen LogP contribution is 2.29. The van der Waals surface area contributed by atoms with Gasteiger partial charge in [0.25, 0.3) is 5.91 Å². The van der Waals surface area contributed by atoms with Crippen molar-refractivity contribution in [1.82, 2.24) is 15.1 Å². The van der Waals surface area contributed by atoms with Crippen molar-refractivity contribution >= 4 is 11.8 Å². The Kier molecular flexibility index (Phi) is 5.77. The second-order valence-electron chi connectivity index (χ2n) is 8.43. The summed E-state index contributed by atoms with van der Waals surface area (Å²) in [7, 11) is 0. The van der Waals surface area contributed by atoms with Crippen LogP contribution in [-0.2, 0) is 4.79 Å². The smallest absolute Gasteiger partial charge is 0.251 e. The van der Waals surface area contributed by atoms with E-state index >= 15 is 0 Å². The number of hydrogen-bond acceptors (Lipinski definition) is 3. The van der Waals surface area contributed by atoms with Gasteiger partial charge in [0.05, 0.1) is 0 Å². The normalized spacial score (nSPS) is 27.3. The van der Waals surface area contributed by atoms with E-state index in [-0.39, 0.29) is 5.91 Å². The molecule has 2 unspecified atom stereocenters. The van der Waals surface area contributed by atoms with E-state index in [2.05, 4.69) is 15.1 Å². The van der Waals surface area contributed by atoms with Gasteiger partial charge >= 0.3 is 0 Å². The van der Waals surface area contributed by atoms with Crippen LogP contribution in [-0.4, -0.2) is 59.9 Å². The third kappa shape index (κ3) is 4.52. The van der Waals surface area contributed by atoms with E-state index in [4.69, 9.17) is 0 Å². The number of nitrogens with one attached hydrogen (secondary N) is 1. The summed E-state index contributed by atoms with van der Waals surface area (Å²) in [5, 5.41) is 3.22. The van der Waals surface area contributed by atoms with Gasteiger partial charge in [-0.2, -0.15) is 0 Å². The Bertz CT molecular complexity index is 655. The lowest BCUT2D eigenvalue weighted by molar-refractivity contribution is -0.128. The molecule has 2 atom stereocenters. The van der Waals surface area contributed by atoms with Gasteiger partial charge in [0.1, 0.15) is 0 Å². The molecular weight excluding hydrogens is 338 g/mol. The zero-order valence-corrected chi connectivity index (χ0v) is 16.1. The van der Waals surface area contributed by atoms with Gasteiger partial charge in [-0.3, -0.25) is 9.59 Å². The maximum absolute atomic E-state index is 12.4. The summed E-state index contributed by atoms with van der Waals surface area (Å²) in [6.07, 6.45) is 7.49. The second kappa shape index (κ2) is 8.42. The lowest BCUT2D eigenvalue weighted by atomic mass is 9.95. The molecule has 3 aliphatic rings. The van der Waals surface area contributed by atoms with Gasteiger partial charge in [-0.05, 0) is 69.7 Å². The summed E-state index contributed by atoms with van der Waals surface area (Å²) in [6.45, 7) is 4.20. The minimum Gasteiger partial charge on any atom is -0.349 e. The molecule has 0 bridgehead atoms. The van der Waals surface area contributed by atoms with Gasteiger partial charge < -0.3 is 15.1 Å². The fourth-order valence-electron chi connectivity index (χ4n) is 4.99. The molecule has 1 aliphatic carbocycles. The Morgan fingerprint density at radius 2 is 1.81 bits per heavy atom. The highest BCUT2D eigenvalue weighted by Gasteiger charge is 2.33. The number of rotatable bonds is 5. The number of amides is 2. The van der Waals surface area contributed by atoms with E-state index in [1.165, 1.54) is 19.3 Å². The van der Waals surface area contributed by atoms with Crippen LogP contribution in [0.15, 0.2) is 30.3 Å². The maximum Gasteiger partial charge on any atom is 0.251 e. The monoisotopic (exact) mass is 369 g/mol. The van der Waals surface area contributed by atoms with Gasteiger partial charge in [0, 0.05) is 37.2 Å². The molecule has 1 N–H and O–H groups in total. The fourth-order valence-corrected chi connectivity index (χ4v) is 4.99. The van der Waals surface area contributed by atoms with E-state index in [0.29, 0.717) is 23.9 Å². The van der Waals surface area contributed by atoms with Crippen molar-refractivity contribution in [3.05, 3.63) is 35.9 Å². The number of carbonyl (C=O) groups excluding carboxylic acids is 2. The highest BCUT2D eigenvalue weighted by molar-refractivity contribution is 5.94. The van der Waals surface area contributed by atoms with Crippen LogP contribution in [0.4, 0.5) is 0 Å². The van der Waals surface area contributed by atoms with Crippen LogP contribution in [0.5, 0.6) is 0 Å². The molecule has 3 fully saturated rings. The van der Waals surface area contributed by atoms with Crippen molar-refractivity contribution < 1.29 is 9.59 Å². The standard InChI is InChI=1S/C22H31N3O2/c26-21-7-4-12-25(21)16-17-10-13-24(14-11-17)20-9-8-19(15-20)23-22(27)18-5-2-1-3-6-18/h1-3,5-6,17,19-20H,4,7-16H2,(H,23,27). The first-order valence-electron chi connectivity index (χ1n) is 10.6. The lowest BCUT2D eigenvalue weighted by Crippen LogP contribution is -2.44. The fraction of sp³-hybridized carbons (Fsp3) is 0.636. The van der Waals surface area contributed by atoms with Crippen LogP contribution in [0.1, 0.15) is 55.3 Å². The van der Waals surface area contributed by atoms with E-state index in [1.54, 1.807) is 0 Å². The third-order valence-electron chi connectivity index (χ3n) is 6.59. The zero-order valence-electron chi connectivity index (χ0n) is 16.1. The molecule has 1 aromatic rings. The first kappa shape index (κ1) is 18.5. The van der Waals surface area contributed by atoms with Gasteiger partial charge in [0.2, 0.25) is 5.91 Å². The number of likely N-dealkylation sites (tertiary alicyclic amines) is 2. The molecule has 146 valence electrons. The molecule has 2 amide bonds. The number of piperidine rings is 1. The number of nitrogens with zero attached hydrogens (tertiary/aromatic N) is 2. The van der Waals surface area contributed by atoms with Gasteiger partial charge in [-0.15, -0.1) is 0 Å². The summed E-state index contributed by atoms with van der Waals surface area (Å²) in [5.41, 5.74) is 0.748. The van der Waals surface area contributed by atoms with E-state index < -0.39 is 0 Å². The largest absolute Gasteiger partial charge is 0.349 e. The van der Waals surface area contributed by atoms with E-state index in [0.717, 1.165) is 57.4 Å². The molecule has 0 radical (unpaired) electrons. The molecule has 1 saturated carbocycles. The summed E-state index contributed by atoms with van der Waals surface area (Å²) in [5.74, 6) is 1.07. The van der Waals surface area contributed by atoms with E-state index in [9.17, 15) is 9.59 Å². The van der Waals surface area contributed by atoms with Gasteiger partial charge in [-0.25, -0.2) is 0 Å². The molecule has 5 nitrogen and oxygen atoms in total. The summed E-state index contributed by atoms with van der Waals surface area (Å²) >= 11 is 0. The average Bonchev–Trinajstić information content (AvgIpc) is 3.32. The molecule has 2 heterocycles. The SMILES string of the molecule is O=C(NC1CCC(N2CCC(CN3CCCC3=O)CC2)C1)c1ccccc1. The van der Waals surface area contributed by atoms with E-state index in [1.807, 2.05) is 30.3 Å². The summed E-state index contributed by atoms with van der Waals surface area (Å²) in [6, 6.07) is 10.4. The molecule has 1 aromatic carbocycles. The Balaban J connectivity index is 1.21. The minimum absolute atomic E-state index is 0.0511. The molecule has 2 aliphatic heterocycles. The second-order valence-corrected chi connectivity index (χ2v) is 8.43. The third-order valence-corrected chi connectivity index (χ3v) is 6.59. The van der Waals surface area contributed by atoms with Crippen LogP contribution < -0.4 is 5.32 Å². The zero-order chi connectivity index (χ0) is 18.6. The van der Waals surface area contributed by atoms with Crippen LogP contribution in [0, 0.1) is 5.92 Å². The molecule has 5 heteroatoms. The Hall–Kier alpha value is -1.88. The van der Waals surface area contributed by atoms with Crippen LogP contribution >= 0.6 is 0 Å². The van der Waals surface area contributed by atoms with Crippen molar-refractivity contribution in [2.45, 2.75) is 57.0 Å². The van der Waals surface area contributed by atoms with Crippen LogP contribution in [0.25, 0.3) is 0 Å². The van der Waals surface area contributed by atoms with Crippen molar-refractivity contribution in [3.8, 4) is 0 Å². The van der Waals surface area contributed by atoms with Crippen LogP contribution in [0.3, 0.4) is 0 Å². The number of hydrogen-bond donors (Lipinski definition) is 1. The maximum atomic E-state index is 12.4. The first-order valence-corrected chi connectivity index (χ1v) is 10.6. The molecule has 2 saturated heterocycles. The quantitative estimate of drug-likeness (QED) is 0.868. The Morgan fingerprint density at radius 1 is 1.04 bits per heavy atom. The van der Waals surface area contributed by atoms with Crippen LogP contribution in [0.2, 0.25) is 0 Å². The summed E-state index contributed by atoms with van der Waals surface area (Å²) in [4.78, 5) is 28.9. The number of carbonyl (C=O) groups is 2. The van der Waals surface area contributed by atoms with Crippen molar-refractivity contribution in [3.63, 3.8) is 0 Å². The Morgan fingerprint density at radius 3 is 2.52 bits per heavy atom. The van der Waals surface area contributed by atoms with Gasteiger partial charge in [0.15, 0.2) is 0 Å². The van der Waals surface area contributed by atoms with Crippen molar-refractivity contribution in [2.75, 3.05) is 26.2 Å². The lowest BCUT2D eigenvalue weighted by Gasteiger charge is -2.37. The predicted molar refractivity (Wildman–Crippen MR) is 105 cm³/mol. The predicted octanol–water partition coefficient (Wildman–Crippen LogP) is 2.67. The van der Waals surface area contributed by atoms with Crippen molar-refractivity contribution in [1.29, 1.82) is 0 Å².